The number of nitrogens with one attached hydrogen (secondary N) is 2. The molecular formula is C4H10N4. The van der Waals surface area contributed by atoms with Crippen LogP contribution in [0.15, 0.2) is 12.4 Å². The van der Waals surface area contributed by atoms with Crippen molar-refractivity contribution >= 4 is 0 Å². The lowest BCUT2D eigenvalue weighted by Crippen LogP contribution is -2.35. The molecule has 0 radical (unpaired) electrons. The van der Waals surface area contributed by atoms with Gasteiger partial charge >= 0.3 is 0 Å². The summed E-state index contributed by atoms with van der Waals surface area (Å²) >= 11 is 0. The summed E-state index contributed by atoms with van der Waals surface area (Å²) in [5.74, 6) is 0.907. The quantitative estimate of drug-likeness (QED) is 0.434. The smallest absolute Gasteiger partial charge is 0.127 e. The molecule has 2 N–H and O–H groups in total. The van der Waals surface area contributed by atoms with E-state index >= 15 is 0 Å². The number of hydrogen-bond acceptors (Lipinski definition) is 4. The highest BCUT2D eigenvalue weighted by Gasteiger charge is 2.12. The van der Waals surface area contributed by atoms with Crippen molar-refractivity contribution in [1.82, 2.24) is 21.1 Å². The molecule has 4 nitrogen and oxygen atoms in total. The van der Waals surface area contributed by atoms with Crippen molar-refractivity contribution in [3.63, 3.8) is 0 Å². The van der Waals surface area contributed by atoms with E-state index in [1.54, 1.807) is 10.0 Å². The second-order valence-corrected chi connectivity index (χ2v) is 1.76. The first-order valence-corrected chi connectivity index (χ1v) is 2.39. The van der Waals surface area contributed by atoms with E-state index < -0.39 is 0 Å². The fourth-order valence-electron chi connectivity index (χ4n) is 0.504. The van der Waals surface area contributed by atoms with E-state index in [0.29, 0.717) is 0 Å². The Balaban J connectivity index is 2.57. The Hall–Kier alpha value is -0.740. The molecule has 1 heterocycles. The molecule has 1 aliphatic heterocycles. The minimum Gasteiger partial charge on any atom is -0.281 e. The minimum atomic E-state index is 0.907. The largest absolute Gasteiger partial charge is 0.281 e. The fraction of sp³-hybridized carbons (Fsp3) is 0.500. The van der Waals surface area contributed by atoms with Gasteiger partial charge in [0.2, 0.25) is 0 Å². The van der Waals surface area contributed by atoms with Crippen LogP contribution in [0.25, 0.3) is 0 Å². The number of hydrazine groups is 3. The first kappa shape index (κ1) is 5.40. The molecule has 46 valence electrons. The van der Waals surface area contributed by atoms with Gasteiger partial charge in [-0.1, -0.05) is 6.58 Å². The summed E-state index contributed by atoms with van der Waals surface area (Å²) in [5, 5.41) is 3.58. The van der Waals surface area contributed by atoms with E-state index in [0.717, 1.165) is 5.82 Å². The van der Waals surface area contributed by atoms with Gasteiger partial charge in [0.1, 0.15) is 5.82 Å². The van der Waals surface area contributed by atoms with Crippen LogP contribution in [0, 0.1) is 0 Å². The Morgan fingerprint density at radius 2 is 1.62 bits per heavy atom. The average molecular weight is 114 g/mol. The molecule has 0 amide bonds. The molecule has 0 aromatic heterocycles. The van der Waals surface area contributed by atoms with E-state index in [2.05, 4.69) is 17.6 Å². The zero-order valence-corrected chi connectivity index (χ0v) is 5.10. The molecule has 1 fully saturated rings. The highest BCUT2D eigenvalue weighted by atomic mass is 15.9. The summed E-state index contributed by atoms with van der Waals surface area (Å²) in [6, 6.07) is 0. The fourth-order valence-corrected chi connectivity index (χ4v) is 0.504. The van der Waals surface area contributed by atoms with Crippen LogP contribution in [0.4, 0.5) is 0 Å². The number of rotatable bonds is 0. The molecular weight excluding hydrogens is 104 g/mol. The van der Waals surface area contributed by atoms with Gasteiger partial charge in [0.15, 0.2) is 0 Å². The molecule has 0 aromatic rings. The third-order valence-electron chi connectivity index (χ3n) is 1.16. The van der Waals surface area contributed by atoms with Crippen LogP contribution in [0.3, 0.4) is 0 Å². The summed E-state index contributed by atoms with van der Waals surface area (Å²) in [4.78, 5) is 0. The monoisotopic (exact) mass is 114 g/mol. The first-order valence-electron chi connectivity index (χ1n) is 2.39. The molecule has 4 heteroatoms. The van der Waals surface area contributed by atoms with Gasteiger partial charge in [-0.15, -0.1) is 0 Å². The molecule has 0 aliphatic carbocycles. The van der Waals surface area contributed by atoms with Gasteiger partial charge in [-0.3, -0.25) is 10.0 Å². The van der Waals surface area contributed by atoms with Crippen molar-refractivity contribution in [2.45, 2.75) is 0 Å². The lowest BCUT2D eigenvalue weighted by atomic mass is 10.7. The van der Waals surface area contributed by atoms with Crippen LogP contribution in [0.1, 0.15) is 0 Å². The summed E-state index contributed by atoms with van der Waals surface area (Å²) < 4.78 is 0. The van der Waals surface area contributed by atoms with Gasteiger partial charge in [0.25, 0.3) is 0 Å². The molecule has 0 spiro atoms. The first-order chi connectivity index (χ1) is 3.72. The van der Waals surface area contributed by atoms with E-state index in [4.69, 9.17) is 0 Å². The van der Waals surface area contributed by atoms with Crippen molar-refractivity contribution in [2.24, 2.45) is 0 Å². The van der Waals surface area contributed by atoms with Crippen LogP contribution in [0.5, 0.6) is 0 Å². The molecule has 8 heavy (non-hydrogen) atoms. The van der Waals surface area contributed by atoms with Crippen LogP contribution in [-0.4, -0.2) is 24.1 Å². The lowest BCUT2D eigenvalue weighted by molar-refractivity contribution is 0.295. The molecule has 0 aromatic carbocycles. The summed E-state index contributed by atoms with van der Waals surface area (Å²) in [5.41, 5.74) is 5.66. The molecule has 0 bridgehead atoms. The lowest BCUT2D eigenvalue weighted by Gasteiger charge is -2.10. The van der Waals surface area contributed by atoms with Gasteiger partial charge in [0, 0.05) is 14.1 Å². The van der Waals surface area contributed by atoms with Crippen LogP contribution >= 0.6 is 0 Å². The second kappa shape index (κ2) is 1.65. The molecule has 0 unspecified atom stereocenters. The van der Waals surface area contributed by atoms with Crippen LogP contribution in [0.2, 0.25) is 0 Å². The SMILES string of the molecule is C=C1N(C)NNN1C. The molecule has 0 atom stereocenters. The third-order valence-corrected chi connectivity index (χ3v) is 1.16. The second-order valence-electron chi connectivity index (χ2n) is 1.76. The average Bonchev–Trinajstić information content (AvgIpc) is 1.98. The third kappa shape index (κ3) is 0.635. The van der Waals surface area contributed by atoms with Gasteiger partial charge in [-0.2, -0.15) is 11.1 Å². The van der Waals surface area contributed by atoms with Gasteiger partial charge in [-0.05, 0) is 0 Å². The Kier molecular flexibility index (Phi) is 1.11. The van der Waals surface area contributed by atoms with Gasteiger partial charge < -0.3 is 0 Å². The van der Waals surface area contributed by atoms with Gasteiger partial charge in [0.05, 0.1) is 0 Å². The maximum absolute atomic E-state index is 3.74. The van der Waals surface area contributed by atoms with Crippen LogP contribution in [-0.2, 0) is 0 Å². The zero-order valence-electron chi connectivity index (χ0n) is 5.10. The Labute approximate surface area is 48.7 Å². The standard InChI is InChI=1S/C4H10N4/c1-4-7(2)5-6-8(4)3/h5-6H,1H2,2-3H3. The normalized spacial score (nSPS) is 20.5. The summed E-state index contributed by atoms with van der Waals surface area (Å²) in [7, 11) is 3.78. The van der Waals surface area contributed by atoms with E-state index in [9.17, 15) is 0 Å². The van der Waals surface area contributed by atoms with Crippen molar-refractivity contribution in [1.29, 1.82) is 0 Å². The van der Waals surface area contributed by atoms with Crippen molar-refractivity contribution < 1.29 is 0 Å². The van der Waals surface area contributed by atoms with Crippen LogP contribution < -0.4 is 11.1 Å². The molecule has 1 saturated heterocycles. The Morgan fingerprint density at radius 1 is 1.25 bits per heavy atom. The Bertz CT molecular complexity index is 98.6. The van der Waals surface area contributed by atoms with Gasteiger partial charge in [-0.25, -0.2) is 0 Å². The van der Waals surface area contributed by atoms with E-state index in [-0.39, 0.29) is 0 Å². The molecule has 1 rings (SSSR count). The topological polar surface area (TPSA) is 30.5 Å². The minimum absolute atomic E-state index is 0.907. The highest BCUT2D eigenvalue weighted by molar-refractivity contribution is 4.89. The Morgan fingerprint density at radius 3 is 1.75 bits per heavy atom. The predicted molar refractivity (Wildman–Crippen MR) is 30.9 cm³/mol. The van der Waals surface area contributed by atoms with Crippen molar-refractivity contribution in [3.05, 3.63) is 12.4 Å². The molecule has 1 aliphatic rings. The maximum Gasteiger partial charge on any atom is 0.127 e. The van der Waals surface area contributed by atoms with Crippen molar-refractivity contribution in [2.75, 3.05) is 14.1 Å². The summed E-state index contributed by atoms with van der Waals surface area (Å²) in [6.45, 7) is 3.74. The number of nitrogens with zero attached hydrogens (tertiary/aromatic N) is 2. The predicted octanol–water partition coefficient (Wildman–Crippen LogP) is -0.741. The highest BCUT2D eigenvalue weighted by Crippen LogP contribution is 2.00. The van der Waals surface area contributed by atoms with Crippen molar-refractivity contribution in [3.8, 4) is 0 Å². The van der Waals surface area contributed by atoms with E-state index in [1.165, 1.54) is 0 Å². The summed E-state index contributed by atoms with van der Waals surface area (Å²) in [6.07, 6.45) is 0. The maximum atomic E-state index is 3.74. The molecule has 0 saturated carbocycles. The number of hydrogen-bond donors (Lipinski definition) is 2. The zero-order chi connectivity index (χ0) is 6.15. The van der Waals surface area contributed by atoms with E-state index in [1.807, 2.05) is 14.1 Å².